The SMILES string of the molecule is Cc1cc(C(=O)NC(C)c2nc3ccccc3[nH]2)cc(S(N)(=O)=O)c1C. The summed E-state index contributed by atoms with van der Waals surface area (Å²) >= 11 is 0. The lowest BCUT2D eigenvalue weighted by atomic mass is 10.1. The number of primary sulfonamides is 1. The van der Waals surface area contributed by atoms with Gasteiger partial charge in [-0.1, -0.05) is 12.1 Å². The van der Waals surface area contributed by atoms with Crippen molar-refractivity contribution in [3.8, 4) is 0 Å². The number of carbonyl (C=O) groups excluding carboxylic acids is 1. The fourth-order valence-electron chi connectivity index (χ4n) is 2.78. The lowest BCUT2D eigenvalue weighted by molar-refractivity contribution is 0.0938. The highest BCUT2D eigenvalue weighted by Gasteiger charge is 2.19. The quantitative estimate of drug-likeness (QED) is 0.651. The summed E-state index contributed by atoms with van der Waals surface area (Å²) in [7, 11) is -3.91. The third-order valence-electron chi connectivity index (χ3n) is 4.35. The molecule has 0 radical (unpaired) electrons. The lowest BCUT2D eigenvalue weighted by Gasteiger charge is -2.14. The fourth-order valence-corrected chi connectivity index (χ4v) is 3.66. The maximum atomic E-state index is 12.6. The third kappa shape index (κ3) is 3.47. The summed E-state index contributed by atoms with van der Waals surface area (Å²) in [6.45, 7) is 5.20. The largest absolute Gasteiger partial charge is 0.342 e. The molecule has 0 aliphatic carbocycles. The molecule has 1 heterocycles. The fraction of sp³-hybridized carbons (Fsp3) is 0.222. The van der Waals surface area contributed by atoms with Gasteiger partial charge in [-0.25, -0.2) is 18.5 Å². The number of nitrogens with zero attached hydrogens (tertiary/aromatic N) is 1. The van der Waals surface area contributed by atoms with E-state index in [0.717, 1.165) is 11.0 Å². The van der Waals surface area contributed by atoms with Gasteiger partial charge >= 0.3 is 0 Å². The number of fused-ring (bicyclic) bond motifs is 1. The normalized spacial score (nSPS) is 12.9. The summed E-state index contributed by atoms with van der Waals surface area (Å²) in [5.74, 6) is 0.223. The summed E-state index contributed by atoms with van der Waals surface area (Å²) in [4.78, 5) is 20.2. The molecule has 1 unspecified atom stereocenters. The molecule has 7 nitrogen and oxygen atoms in total. The van der Waals surface area contributed by atoms with Gasteiger partial charge in [-0.3, -0.25) is 4.79 Å². The third-order valence-corrected chi connectivity index (χ3v) is 5.39. The number of nitrogens with one attached hydrogen (secondary N) is 2. The first-order valence-corrected chi connectivity index (χ1v) is 9.61. The van der Waals surface area contributed by atoms with Crippen LogP contribution in [0.25, 0.3) is 11.0 Å². The second kappa shape index (κ2) is 6.54. The Balaban J connectivity index is 1.89. The summed E-state index contributed by atoms with van der Waals surface area (Å²) in [6.07, 6.45) is 0. The van der Waals surface area contributed by atoms with E-state index in [1.54, 1.807) is 26.8 Å². The molecule has 0 saturated carbocycles. The maximum Gasteiger partial charge on any atom is 0.251 e. The van der Waals surface area contributed by atoms with Crippen LogP contribution in [0.5, 0.6) is 0 Å². The zero-order chi connectivity index (χ0) is 19.1. The first-order valence-electron chi connectivity index (χ1n) is 8.06. The van der Waals surface area contributed by atoms with Gasteiger partial charge in [-0.05, 0) is 56.2 Å². The molecule has 3 rings (SSSR count). The number of benzene rings is 2. The van der Waals surface area contributed by atoms with E-state index in [2.05, 4.69) is 15.3 Å². The van der Waals surface area contributed by atoms with Crippen LogP contribution in [-0.2, 0) is 10.0 Å². The number of aromatic amines is 1. The molecule has 0 saturated heterocycles. The van der Waals surface area contributed by atoms with Crippen molar-refractivity contribution in [2.24, 2.45) is 5.14 Å². The van der Waals surface area contributed by atoms with E-state index in [4.69, 9.17) is 5.14 Å². The number of rotatable bonds is 4. The molecule has 1 atom stereocenters. The minimum Gasteiger partial charge on any atom is -0.342 e. The van der Waals surface area contributed by atoms with Crippen LogP contribution in [0.15, 0.2) is 41.3 Å². The molecule has 136 valence electrons. The number of hydrogen-bond acceptors (Lipinski definition) is 4. The molecule has 0 aliphatic rings. The van der Waals surface area contributed by atoms with Gasteiger partial charge in [0.1, 0.15) is 5.82 Å². The van der Waals surface area contributed by atoms with Crippen LogP contribution in [0.1, 0.15) is 40.3 Å². The number of aryl methyl sites for hydroxylation is 1. The molecule has 0 bridgehead atoms. The number of carbonyl (C=O) groups is 1. The number of para-hydroxylation sites is 2. The van der Waals surface area contributed by atoms with E-state index in [9.17, 15) is 13.2 Å². The van der Waals surface area contributed by atoms with Gasteiger partial charge < -0.3 is 10.3 Å². The lowest BCUT2D eigenvalue weighted by Crippen LogP contribution is -2.28. The second-order valence-corrected chi connectivity index (χ2v) is 7.83. The van der Waals surface area contributed by atoms with Crippen LogP contribution in [0.3, 0.4) is 0 Å². The summed E-state index contributed by atoms with van der Waals surface area (Å²) in [6, 6.07) is 10.1. The van der Waals surface area contributed by atoms with Crippen LogP contribution < -0.4 is 10.5 Å². The average Bonchev–Trinajstić information content (AvgIpc) is 3.00. The predicted molar refractivity (Wildman–Crippen MR) is 99.3 cm³/mol. The van der Waals surface area contributed by atoms with Crippen molar-refractivity contribution in [2.75, 3.05) is 0 Å². The van der Waals surface area contributed by atoms with E-state index >= 15 is 0 Å². The van der Waals surface area contributed by atoms with E-state index in [1.807, 2.05) is 24.3 Å². The Kier molecular flexibility index (Phi) is 4.55. The van der Waals surface area contributed by atoms with E-state index in [-0.39, 0.29) is 16.5 Å². The average molecular weight is 372 g/mol. The monoisotopic (exact) mass is 372 g/mol. The topological polar surface area (TPSA) is 118 Å². The van der Waals surface area contributed by atoms with Crippen LogP contribution in [-0.4, -0.2) is 24.3 Å². The van der Waals surface area contributed by atoms with E-state index in [0.29, 0.717) is 17.0 Å². The van der Waals surface area contributed by atoms with Crippen molar-refractivity contribution in [3.05, 3.63) is 58.9 Å². The highest BCUT2D eigenvalue weighted by molar-refractivity contribution is 7.89. The molecule has 3 aromatic rings. The smallest absolute Gasteiger partial charge is 0.251 e. The molecule has 0 aliphatic heterocycles. The van der Waals surface area contributed by atoms with Crippen molar-refractivity contribution in [3.63, 3.8) is 0 Å². The number of imidazole rings is 1. The highest BCUT2D eigenvalue weighted by Crippen LogP contribution is 2.21. The Bertz CT molecular complexity index is 1070. The van der Waals surface area contributed by atoms with Gasteiger partial charge in [0.2, 0.25) is 10.0 Å². The minimum absolute atomic E-state index is 0.0426. The van der Waals surface area contributed by atoms with E-state index < -0.39 is 15.9 Å². The van der Waals surface area contributed by atoms with E-state index in [1.165, 1.54) is 6.07 Å². The molecule has 1 aromatic heterocycles. The van der Waals surface area contributed by atoms with Gasteiger partial charge in [0.05, 0.1) is 22.0 Å². The molecule has 1 amide bonds. The summed E-state index contributed by atoms with van der Waals surface area (Å²) in [5, 5.41) is 8.09. The minimum atomic E-state index is -3.91. The Morgan fingerprint density at radius 3 is 2.58 bits per heavy atom. The molecule has 26 heavy (non-hydrogen) atoms. The Morgan fingerprint density at radius 2 is 1.92 bits per heavy atom. The van der Waals surface area contributed by atoms with Gasteiger partial charge in [0.25, 0.3) is 5.91 Å². The maximum absolute atomic E-state index is 12.6. The van der Waals surface area contributed by atoms with Crippen LogP contribution in [0.4, 0.5) is 0 Å². The van der Waals surface area contributed by atoms with Crippen LogP contribution in [0, 0.1) is 13.8 Å². The van der Waals surface area contributed by atoms with Gasteiger partial charge in [-0.15, -0.1) is 0 Å². The van der Waals surface area contributed by atoms with Crippen molar-refractivity contribution >= 4 is 27.0 Å². The number of aromatic nitrogens is 2. The highest BCUT2D eigenvalue weighted by atomic mass is 32.2. The zero-order valence-corrected chi connectivity index (χ0v) is 15.5. The van der Waals surface area contributed by atoms with Crippen molar-refractivity contribution in [1.82, 2.24) is 15.3 Å². The first kappa shape index (κ1) is 18.1. The van der Waals surface area contributed by atoms with Crippen LogP contribution >= 0.6 is 0 Å². The van der Waals surface area contributed by atoms with Gasteiger partial charge in [0.15, 0.2) is 0 Å². The van der Waals surface area contributed by atoms with Gasteiger partial charge in [-0.2, -0.15) is 0 Å². The Morgan fingerprint density at radius 1 is 1.23 bits per heavy atom. The molecule has 8 heteroatoms. The number of hydrogen-bond donors (Lipinski definition) is 3. The second-order valence-electron chi connectivity index (χ2n) is 6.30. The molecule has 0 fully saturated rings. The number of nitrogens with two attached hydrogens (primary N) is 1. The predicted octanol–water partition coefficient (Wildman–Crippen LogP) is 2.32. The number of amides is 1. The summed E-state index contributed by atoms with van der Waals surface area (Å²) < 4.78 is 23.5. The Labute approximate surface area is 151 Å². The molecular weight excluding hydrogens is 352 g/mol. The molecular formula is C18H20N4O3S. The number of sulfonamides is 1. The van der Waals surface area contributed by atoms with Gasteiger partial charge in [0, 0.05) is 5.56 Å². The number of H-pyrrole nitrogens is 1. The molecule has 2 aromatic carbocycles. The molecule has 0 spiro atoms. The van der Waals surface area contributed by atoms with Crippen molar-refractivity contribution < 1.29 is 13.2 Å². The first-order chi connectivity index (χ1) is 12.2. The van der Waals surface area contributed by atoms with Crippen molar-refractivity contribution in [1.29, 1.82) is 0 Å². The zero-order valence-electron chi connectivity index (χ0n) is 14.7. The van der Waals surface area contributed by atoms with Crippen molar-refractivity contribution in [2.45, 2.75) is 31.7 Å². The summed E-state index contributed by atoms with van der Waals surface area (Å²) in [5.41, 5.74) is 3.14. The standard InChI is InChI=1S/C18H20N4O3S/c1-10-8-13(9-16(11(10)2)26(19,24)25)18(23)20-12(3)17-21-14-6-4-5-7-15(14)22-17/h4-9,12H,1-3H3,(H,20,23)(H,21,22)(H2,19,24,25). The van der Waals surface area contributed by atoms with Crippen LogP contribution in [0.2, 0.25) is 0 Å². The molecule has 4 N–H and O–H groups in total. The Hall–Kier alpha value is -2.71.